The Morgan fingerprint density at radius 1 is 1.20 bits per heavy atom. The molecule has 10 nitrogen and oxygen atoms in total. The van der Waals surface area contributed by atoms with Crippen LogP contribution >= 0.6 is 0 Å². The number of hydrogen-bond acceptors (Lipinski definition) is 7. The molecule has 2 aromatic carbocycles. The van der Waals surface area contributed by atoms with Crippen LogP contribution in [0.4, 0.5) is 4.39 Å². The monoisotopic (exact) mass is 478 g/mol. The van der Waals surface area contributed by atoms with E-state index in [4.69, 9.17) is 0 Å². The minimum Gasteiger partial charge on any atom is -0.756 e. The van der Waals surface area contributed by atoms with Crippen LogP contribution in [0.2, 0.25) is 0 Å². The summed E-state index contributed by atoms with van der Waals surface area (Å²) < 4.78 is 14.9. The lowest BCUT2D eigenvalue weighted by molar-refractivity contribution is -0.142. The van der Waals surface area contributed by atoms with E-state index in [1.54, 1.807) is 36.5 Å². The molecule has 0 spiro atoms. The van der Waals surface area contributed by atoms with Gasteiger partial charge in [0.25, 0.3) is 5.91 Å². The fourth-order valence-corrected chi connectivity index (χ4v) is 3.63. The van der Waals surface area contributed by atoms with Gasteiger partial charge in [-0.1, -0.05) is 30.3 Å². The van der Waals surface area contributed by atoms with Crippen LogP contribution in [0.25, 0.3) is 16.7 Å². The summed E-state index contributed by atoms with van der Waals surface area (Å²) in [6.45, 7) is 0. The molecule has 0 aliphatic carbocycles. The predicted molar refractivity (Wildman–Crippen MR) is 123 cm³/mol. The van der Waals surface area contributed by atoms with Crippen molar-refractivity contribution in [1.82, 2.24) is 25.3 Å². The fourth-order valence-electron chi connectivity index (χ4n) is 3.63. The SMILES string of the molecule is CONC(=O)C(O)C(Cc1ccccc1)N([O-])C(=O)c1cccnc1-n1cc2ccc(F)cc2n1. The average Bonchev–Trinajstić information content (AvgIpc) is 3.30. The molecule has 2 heterocycles. The number of fused-ring (bicyclic) bond motifs is 1. The number of amides is 2. The Balaban J connectivity index is 1.69. The summed E-state index contributed by atoms with van der Waals surface area (Å²) in [7, 11) is 1.18. The Bertz CT molecular complexity index is 1350. The number of aliphatic hydroxyl groups is 1. The first kappa shape index (κ1) is 24.0. The summed E-state index contributed by atoms with van der Waals surface area (Å²) in [4.78, 5) is 34.3. The smallest absolute Gasteiger partial charge is 0.274 e. The largest absolute Gasteiger partial charge is 0.756 e. The van der Waals surface area contributed by atoms with Crippen molar-refractivity contribution in [2.45, 2.75) is 18.6 Å². The number of benzene rings is 2. The number of rotatable bonds is 8. The third kappa shape index (κ3) is 5.17. The lowest BCUT2D eigenvalue weighted by Gasteiger charge is -2.39. The molecule has 0 fully saturated rings. The molecule has 2 unspecified atom stereocenters. The Morgan fingerprint density at radius 2 is 1.97 bits per heavy atom. The highest BCUT2D eigenvalue weighted by Gasteiger charge is 2.31. The molecular formula is C24H21FN5O5-. The molecule has 4 rings (SSSR count). The van der Waals surface area contributed by atoms with Crippen molar-refractivity contribution in [2.75, 3.05) is 7.11 Å². The van der Waals surface area contributed by atoms with E-state index in [9.17, 15) is 24.3 Å². The van der Waals surface area contributed by atoms with E-state index in [2.05, 4.69) is 14.9 Å². The maximum absolute atomic E-state index is 13.6. The van der Waals surface area contributed by atoms with Crippen molar-refractivity contribution in [3.05, 3.63) is 95.2 Å². The summed E-state index contributed by atoms with van der Waals surface area (Å²) in [5.74, 6) is -2.46. The molecule has 11 heteroatoms. The highest BCUT2D eigenvalue weighted by molar-refractivity contribution is 5.98. The summed E-state index contributed by atoms with van der Waals surface area (Å²) in [6, 6.07) is 14.1. The summed E-state index contributed by atoms with van der Waals surface area (Å²) in [5.41, 5.74) is 2.82. The average molecular weight is 478 g/mol. The molecule has 2 amide bonds. The summed E-state index contributed by atoms with van der Waals surface area (Å²) >= 11 is 0. The molecule has 2 atom stereocenters. The zero-order chi connectivity index (χ0) is 24.9. The summed E-state index contributed by atoms with van der Waals surface area (Å²) in [6.07, 6.45) is 0.976. The van der Waals surface area contributed by atoms with Crippen LogP contribution in [0.1, 0.15) is 15.9 Å². The van der Waals surface area contributed by atoms with Crippen molar-refractivity contribution in [2.24, 2.45) is 0 Å². The number of carbonyl (C=O) groups excluding carboxylic acids is 2. The van der Waals surface area contributed by atoms with Crippen LogP contribution in [0.15, 0.2) is 73.1 Å². The predicted octanol–water partition coefficient (Wildman–Crippen LogP) is 2.15. The molecule has 0 aliphatic rings. The van der Waals surface area contributed by atoms with E-state index in [1.165, 1.54) is 48.3 Å². The van der Waals surface area contributed by atoms with Gasteiger partial charge in [-0.2, -0.15) is 5.10 Å². The summed E-state index contributed by atoms with van der Waals surface area (Å²) in [5, 5.41) is 28.8. The van der Waals surface area contributed by atoms with Crippen LogP contribution in [0, 0.1) is 11.0 Å². The molecule has 0 saturated heterocycles. The van der Waals surface area contributed by atoms with Gasteiger partial charge in [0.1, 0.15) is 5.82 Å². The molecule has 2 aromatic heterocycles. The Hall–Kier alpha value is -4.19. The molecule has 0 radical (unpaired) electrons. The standard InChI is InChI=1S/C24H21FN5O5/c1-35-28-23(32)21(31)20(12-15-6-3-2-4-7-15)30(34)24(33)18-8-5-11-26-22(18)29-14-16-9-10-17(25)13-19(16)27-29/h2-11,13-14,20-21,31H,12H2,1H3,(H,28,32)/q-1. The molecule has 180 valence electrons. The molecule has 0 aliphatic heterocycles. The van der Waals surface area contributed by atoms with Gasteiger partial charge in [-0.05, 0) is 36.2 Å². The van der Waals surface area contributed by atoms with Crippen LogP contribution in [0.5, 0.6) is 0 Å². The number of nitrogens with one attached hydrogen (secondary N) is 1. The van der Waals surface area contributed by atoms with Crippen molar-refractivity contribution >= 4 is 22.7 Å². The van der Waals surface area contributed by atoms with Crippen LogP contribution in [0.3, 0.4) is 0 Å². The van der Waals surface area contributed by atoms with Crippen LogP contribution in [-0.2, 0) is 16.1 Å². The minimum absolute atomic E-state index is 0.0317. The van der Waals surface area contributed by atoms with Crippen molar-refractivity contribution in [1.29, 1.82) is 0 Å². The fraction of sp³-hybridized carbons (Fsp3) is 0.167. The number of hydroxylamine groups is 3. The first-order valence-electron chi connectivity index (χ1n) is 10.5. The number of pyridine rings is 1. The van der Waals surface area contributed by atoms with E-state index in [1.807, 2.05) is 5.48 Å². The van der Waals surface area contributed by atoms with E-state index in [0.29, 0.717) is 16.5 Å². The Morgan fingerprint density at radius 3 is 2.71 bits per heavy atom. The topological polar surface area (TPSA) is 133 Å². The maximum Gasteiger partial charge on any atom is 0.274 e. The van der Waals surface area contributed by atoms with E-state index in [-0.39, 0.29) is 22.9 Å². The van der Waals surface area contributed by atoms with Gasteiger partial charge in [-0.15, -0.1) is 0 Å². The van der Waals surface area contributed by atoms with Gasteiger partial charge >= 0.3 is 0 Å². The molecule has 35 heavy (non-hydrogen) atoms. The maximum atomic E-state index is 13.6. The molecular weight excluding hydrogens is 457 g/mol. The third-order valence-corrected chi connectivity index (χ3v) is 5.33. The van der Waals surface area contributed by atoms with Gasteiger partial charge in [-0.3, -0.25) is 14.4 Å². The second-order valence-corrected chi connectivity index (χ2v) is 7.65. The number of hydrogen-bond donors (Lipinski definition) is 2. The van der Waals surface area contributed by atoms with Gasteiger partial charge < -0.3 is 15.4 Å². The van der Waals surface area contributed by atoms with Gasteiger partial charge in [0, 0.05) is 23.8 Å². The second-order valence-electron chi connectivity index (χ2n) is 7.65. The van der Waals surface area contributed by atoms with E-state index < -0.39 is 29.8 Å². The highest BCUT2D eigenvalue weighted by Crippen LogP contribution is 2.21. The van der Waals surface area contributed by atoms with E-state index in [0.717, 1.165) is 0 Å². The van der Waals surface area contributed by atoms with Crippen LogP contribution < -0.4 is 5.48 Å². The quantitative estimate of drug-likeness (QED) is 0.371. The number of nitrogens with zero attached hydrogens (tertiary/aromatic N) is 4. The van der Waals surface area contributed by atoms with Gasteiger partial charge in [0.05, 0.1) is 24.2 Å². The number of halogens is 1. The van der Waals surface area contributed by atoms with Gasteiger partial charge in [0.15, 0.2) is 11.9 Å². The third-order valence-electron chi connectivity index (χ3n) is 5.33. The number of aliphatic hydroxyl groups excluding tert-OH is 1. The molecule has 4 aromatic rings. The lowest BCUT2D eigenvalue weighted by atomic mass is 10.00. The first-order chi connectivity index (χ1) is 16.9. The highest BCUT2D eigenvalue weighted by atomic mass is 19.1. The van der Waals surface area contributed by atoms with E-state index >= 15 is 0 Å². The first-order valence-corrected chi connectivity index (χ1v) is 10.5. The van der Waals surface area contributed by atoms with Gasteiger partial charge in [-0.25, -0.2) is 19.5 Å². The lowest BCUT2D eigenvalue weighted by Crippen LogP contribution is -2.51. The number of aromatic nitrogens is 3. The zero-order valence-corrected chi connectivity index (χ0v) is 18.5. The van der Waals surface area contributed by atoms with Crippen molar-refractivity contribution < 1.29 is 23.9 Å². The van der Waals surface area contributed by atoms with Crippen molar-refractivity contribution in [3.8, 4) is 5.82 Å². The molecule has 0 saturated carbocycles. The minimum atomic E-state index is -1.88. The molecule has 0 bridgehead atoms. The zero-order valence-electron chi connectivity index (χ0n) is 18.5. The Kier molecular flexibility index (Phi) is 7.11. The number of carbonyl (C=O) groups is 2. The van der Waals surface area contributed by atoms with Crippen LogP contribution in [-0.4, -0.2) is 56.0 Å². The molecule has 2 N–H and O–H groups in total. The van der Waals surface area contributed by atoms with Crippen molar-refractivity contribution in [3.63, 3.8) is 0 Å². The van der Waals surface area contributed by atoms with Gasteiger partial charge in [0.2, 0.25) is 5.91 Å². The second kappa shape index (κ2) is 10.4. The Labute approximate surface area is 199 Å². The normalized spacial score (nSPS) is 12.8.